The van der Waals surface area contributed by atoms with Gasteiger partial charge in [0.05, 0.1) is 6.20 Å². The van der Waals surface area contributed by atoms with Crippen LogP contribution in [0.4, 0.5) is 0 Å². The summed E-state index contributed by atoms with van der Waals surface area (Å²) in [5, 5.41) is 7.56. The minimum Gasteiger partial charge on any atom is -0.310 e. The van der Waals surface area contributed by atoms with E-state index in [1.807, 2.05) is 30.2 Å². The second kappa shape index (κ2) is 5.60. The maximum absolute atomic E-state index is 4.12. The van der Waals surface area contributed by atoms with Crippen LogP contribution in [0.2, 0.25) is 0 Å². The van der Waals surface area contributed by atoms with E-state index in [4.69, 9.17) is 0 Å². The number of aromatic nitrogens is 2. The Kier molecular flexibility index (Phi) is 4.40. The lowest BCUT2D eigenvalue weighted by molar-refractivity contribution is 0.518. The molecule has 0 spiro atoms. The first-order chi connectivity index (χ1) is 6.72. The molecule has 0 amide bonds. The maximum atomic E-state index is 4.12. The topological polar surface area (TPSA) is 29.9 Å². The van der Waals surface area contributed by atoms with Crippen molar-refractivity contribution >= 4 is 0 Å². The van der Waals surface area contributed by atoms with Crippen molar-refractivity contribution in [3.8, 4) is 0 Å². The lowest BCUT2D eigenvalue weighted by Gasteiger charge is -2.11. The van der Waals surface area contributed by atoms with E-state index in [9.17, 15) is 0 Å². The van der Waals surface area contributed by atoms with Crippen molar-refractivity contribution in [2.24, 2.45) is 7.05 Å². The third-order valence-corrected chi connectivity index (χ3v) is 2.22. The summed E-state index contributed by atoms with van der Waals surface area (Å²) in [4.78, 5) is 0. The van der Waals surface area contributed by atoms with Crippen LogP contribution in [0.5, 0.6) is 0 Å². The molecular weight excluding hydrogens is 174 g/mol. The highest BCUT2D eigenvalue weighted by Gasteiger charge is 2.01. The summed E-state index contributed by atoms with van der Waals surface area (Å²) in [6, 6.07) is 0.535. The van der Waals surface area contributed by atoms with Crippen LogP contribution in [0.25, 0.3) is 0 Å². The van der Waals surface area contributed by atoms with E-state index >= 15 is 0 Å². The molecule has 78 valence electrons. The molecule has 0 aliphatic heterocycles. The van der Waals surface area contributed by atoms with Gasteiger partial charge < -0.3 is 5.32 Å². The molecule has 0 fully saturated rings. The first kappa shape index (κ1) is 11.0. The minimum absolute atomic E-state index is 0.535. The number of allylic oxidation sites excluding steroid dienone is 1. The molecule has 1 N–H and O–H groups in total. The van der Waals surface area contributed by atoms with E-state index in [1.165, 1.54) is 5.56 Å². The van der Waals surface area contributed by atoms with Crippen molar-refractivity contribution in [2.45, 2.75) is 32.4 Å². The van der Waals surface area contributed by atoms with Gasteiger partial charge >= 0.3 is 0 Å². The Morgan fingerprint density at radius 2 is 2.50 bits per heavy atom. The summed E-state index contributed by atoms with van der Waals surface area (Å²) in [6.45, 7) is 6.80. The van der Waals surface area contributed by atoms with Crippen molar-refractivity contribution in [3.05, 3.63) is 30.6 Å². The molecule has 0 aromatic carbocycles. The van der Waals surface area contributed by atoms with Gasteiger partial charge in [-0.15, -0.1) is 6.58 Å². The molecule has 3 nitrogen and oxygen atoms in total. The van der Waals surface area contributed by atoms with Crippen molar-refractivity contribution in [1.29, 1.82) is 0 Å². The molecule has 0 aliphatic carbocycles. The van der Waals surface area contributed by atoms with Crippen LogP contribution in [0, 0.1) is 0 Å². The molecule has 0 bridgehead atoms. The van der Waals surface area contributed by atoms with Gasteiger partial charge in [0.15, 0.2) is 0 Å². The number of nitrogens with one attached hydrogen (secondary N) is 1. The molecule has 1 rings (SSSR count). The summed E-state index contributed by atoms with van der Waals surface area (Å²) < 4.78 is 1.82. The minimum atomic E-state index is 0.535. The Morgan fingerprint density at radius 1 is 1.71 bits per heavy atom. The summed E-state index contributed by atoms with van der Waals surface area (Å²) in [5.74, 6) is 0. The van der Waals surface area contributed by atoms with Gasteiger partial charge in [0.2, 0.25) is 0 Å². The molecule has 0 saturated carbocycles. The Balaban J connectivity index is 2.23. The fraction of sp³-hybridized carbons (Fsp3) is 0.545. The Labute approximate surface area is 85.8 Å². The number of nitrogens with zero attached hydrogens (tertiary/aromatic N) is 2. The lowest BCUT2D eigenvalue weighted by atomic mass is 10.2. The Morgan fingerprint density at radius 3 is 3.07 bits per heavy atom. The quantitative estimate of drug-likeness (QED) is 0.699. The summed E-state index contributed by atoms with van der Waals surface area (Å²) in [6.07, 6.45) is 8.10. The van der Waals surface area contributed by atoms with Gasteiger partial charge in [-0.1, -0.05) is 6.08 Å². The molecule has 1 aromatic rings. The third-order valence-electron chi connectivity index (χ3n) is 2.22. The van der Waals surface area contributed by atoms with Gasteiger partial charge in [-0.05, 0) is 19.8 Å². The van der Waals surface area contributed by atoms with Gasteiger partial charge in [0, 0.05) is 31.4 Å². The van der Waals surface area contributed by atoms with E-state index in [2.05, 4.69) is 23.9 Å². The van der Waals surface area contributed by atoms with Gasteiger partial charge in [-0.25, -0.2) is 0 Å². The molecule has 1 unspecified atom stereocenters. The molecule has 1 atom stereocenters. The summed E-state index contributed by atoms with van der Waals surface area (Å²) in [5.41, 5.74) is 1.23. The molecule has 3 heteroatoms. The average Bonchev–Trinajstić information content (AvgIpc) is 2.58. The van der Waals surface area contributed by atoms with Crippen LogP contribution in [0.3, 0.4) is 0 Å². The van der Waals surface area contributed by atoms with Crippen molar-refractivity contribution < 1.29 is 0 Å². The number of aryl methyl sites for hydroxylation is 1. The number of rotatable bonds is 6. The molecule has 14 heavy (non-hydrogen) atoms. The molecule has 0 radical (unpaired) electrons. The zero-order chi connectivity index (χ0) is 10.4. The highest BCUT2D eigenvalue weighted by molar-refractivity contribution is 5.02. The summed E-state index contributed by atoms with van der Waals surface area (Å²) >= 11 is 0. The highest BCUT2D eigenvalue weighted by atomic mass is 15.2. The Hall–Kier alpha value is -1.09. The van der Waals surface area contributed by atoms with E-state index in [0.29, 0.717) is 6.04 Å². The zero-order valence-electron chi connectivity index (χ0n) is 9.03. The van der Waals surface area contributed by atoms with Crippen LogP contribution in [0.1, 0.15) is 25.3 Å². The lowest BCUT2D eigenvalue weighted by Crippen LogP contribution is -2.24. The standard InChI is InChI=1S/C11H19N3/c1-4-5-6-10(2)12-7-11-8-13-14(3)9-11/h4,8-10,12H,1,5-7H2,2-3H3. The van der Waals surface area contributed by atoms with E-state index in [0.717, 1.165) is 19.4 Å². The predicted molar refractivity (Wildman–Crippen MR) is 58.9 cm³/mol. The summed E-state index contributed by atoms with van der Waals surface area (Å²) in [7, 11) is 1.94. The van der Waals surface area contributed by atoms with Gasteiger partial charge in [-0.2, -0.15) is 5.10 Å². The second-order valence-electron chi connectivity index (χ2n) is 3.67. The average molecular weight is 193 g/mol. The van der Waals surface area contributed by atoms with Gasteiger partial charge in [0.1, 0.15) is 0 Å². The van der Waals surface area contributed by atoms with Crippen molar-refractivity contribution in [1.82, 2.24) is 15.1 Å². The molecule has 1 heterocycles. The largest absolute Gasteiger partial charge is 0.310 e. The predicted octanol–water partition coefficient (Wildman–Crippen LogP) is 1.86. The van der Waals surface area contributed by atoms with Crippen LogP contribution in [-0.4, -0.2) is 15.8 Å². The maximum Gasteiger partial charge on any atom is 0.0534 e. The molecule has 0 saturated heterocycles. The van der Waals surface area contributed by atoms with E-state index < -0.39 is 0 Å². The molecular formula is C11H19N3. The van der Waals surface area contributed by atoms with Crippen molar-refractivity contribution in [2.75, 3.05) is 0 Å². The normalized spacial score (nSPS) is 12.7. The van der Waals surface area contributed by atoms with E-state index in [1.54, 1.807) is 0 Å². The highest BCUT2D eigenvalue weighted by Crippen LogP contribution is 2.00. The zero-order valence-corrected chi connectivity index (χ0v) is 9.03. The molecule has 0 aliphatic rings. The monoisotopic (exact) mass is 193 g/mol. The second-order valence-corrected chi connectivity index (χ2v) is 3.67. The smallest absolute Gasteiger partial charge is 0.0534 e. The van der Waals surface area contributed by atoms with Crippen LogP contribution in [-0.2, 0) is 13.6 Å². The third kappa shape index (κ3) is 3.75. The fourth-order valence-electron chi connectivity index (χ4n) is 1.33. The number of hydrogen-bond acceptors (Lipinski definition) is 2. The fourth-order valence-corrected chi connectivity index (χ4v) is 1.33. The van der Waals surface area contributed by atoms with Gasteiger partial charge in [0.25, 0.3) is 0 Å². The Bertz CT molecular complexity index is 278. The SMILES string of the molecule is C=CCCC(C)NCc1cnn(C)c1. The first-order valence-corrected chi connectivity index (χ1v) is 5.04. The van der Waals surface area contributed by atoms with E-state index in [-0.39, 0.29) is 0 Å². The number of hydrogen-bond donors (Lipinski definition) is 1. The molecule has 1 aromatic heterocycles. The van der Waals surface area contributed by atoms with Crippen LogP contribution in [0.15, 0.2) is 25.0 Å². The van der Waals surface area contributed by atoms with Crippen LogP contribution >= 0.6 is 0 Å². The first-order valence-electron chi connectivity index (χ1n) is 5.04. The van der Waals surface area contributed by atoms with Crippen molar-refractivity contribution in [3.63, 3.8) is 0 Å². The van der Waals surface area contributed by atoms with Gasteiger partial charge in [-0.3, -0.25) is 4.68 Å². The van der Waals surface area contributed by atoms with Crippen LogP contribution < -0.4 is 5.32 Å².